The molecule has 0 saturated carbocycles. The number of halogens is 5. The highest BCUT2D eigenvalue weighted by atomic mass is 35.5. The van der Waals surface area contributed by atoms with Crippen LogP contribution in [0.2, 0.25) is 10.0 Å². The van der Waals surface area contributed by atoms with Crippen LogP contribution in [0.25, 0.3) is 5.69 Å². The minimum Gasteiger partial charge on any atom is -0.483 e. The molecule has 12 heteroatoms. The molecule has 2 heterocycles. The zero-order valence-electron chi connectivity index (χ0n) is 17.4. The van der Waals surface area contributed by atoms with Gasteiger partial charge in [-0.05, 0) is 43.7 Å². The second-order valence-electron chi connectivity index (χ2n) is 7.19. The quantitative estimate of drug-likeness (QED) is 0.343. The number of benzene rings is 2. The Kier molecular flexibility index (Phi) is 6.31. The molecule has 172 valence electrons. The predicted molar refractivity (Wildman–Crippen MR) is 116 cm³/mol. The third-order valence-electron chi connectivity index (χ3n) is 4.76. The van der Waals surface area contributed by atoms with Gasteiger partial charge in [-0.25, -0.2) is 9.67 Å². The molecule has 0 aliphatic heterocycles. The average molecular weight is 497 g/mol. The van der Waals surface area contributed by atoms with Crippen molar-refractivity contribution in [2.45, 2.75) is 32.7 Å². The van der Waals surface area contributed by atoms with Crippen LogP contribution in [0.4, 0.5) is 13.2 Å². The summed E-state index contributed by atoms with van der Waals surface area (Å²) in [7, 11) is 0. The minimum atomic E-state index is -4.51. The third kappa shape index (κ3) is 5.12. The maximum atomic E-state index is 13.4. The van der Waals surface area contributed by atoms with Crippen molar-refractivity contribution in [3.05, 3.63) is 81.6 Å². The largest absolute Gasteiger partial charge is 0.483 e. The summed E-state index contributed by atoms with van der Waals surface area (Å²) in [5.41, 5.74) is 0.0223. The van der Waals surface area contributed by atoms with Gasteiger partial charge in [0.25, 0.3) is 0 Å². The number of hydrogen-bond donors (Lipinski definition) is 0. The molecule has 0 radical (unpaired) electrons. The molecule has 0 aliphatic carbocycles. The van der Waals surface area contributed by atoms with E-state index >= 15 is 0 Å². The van der Waals surface area contributed by atoms with Gasteiger partial charge in [0.05, 0.1) is 33.7 Å². The van der Waals surface area contributed by atoms with Crippen molar-refractivity contribution < 1.29 is 17.9 Å². The van der Waals surface area contributed by atoms with Gasteiger partial charge in [-0.2, -0.15) is 28.2 Å². The van der Waals surface area contributed by atoms with E-state index in [0.29, 0.717) is 33.0 Å². The number of aromatic nitrogens is 6. The molecule has 4 aromatic rings. The van der Waals surface area contributed by atoms with Crippen LogP contribution in [0.1, 0.15) is 35.8 Å². The number of rotatable bonds is 6. The highest BCUT2D eigenvalue weighted by Crippen LogP contribution is 2.33. The zero-order chi connectivity index (χ0) is 23.8. The van der Waals surface area contributed by atoms with E-state index in [1.54, 1.807) is 32.0 Å². The van der Waals surface area contributed by atoms with Crippen LogP contribution >= 0.6 is 23.2 Å². The van der Waals surface area contributed by atoms with Crippen LogP contribution in [-0.4, -0.2) is 29.8 Å². The summed E-state index contributed by atoms with van der Waals surface area (Å²) in [6.45, 7) is 3.53. The van der Waals surface area contributed by atoms with E-state index in [2.05, 4.69) is 20.3 Å². The first-order valence-electron chi connectivity index (χ1n) is 9.71. The highest BCUT2D eigenvalue weighted by Gasteiger charge is 2.32. The summed E-state index contributed by atoms with van der Waals surface area (Å²) in [6.07, 6.45) is -2.19. The SMILES string of the molecule is Cc1ccc(C(F)(F)F)cc1-n1nc(Cn2nccn2)nc1C(C)Oc1ccc(Cl)c(Cl)c1. The molecular weight excluding hydrogens is 480 g/mol. The Morgan fingerprint density at radius 3 is 2.42 bits per heavy atom. The van der Waals surface area contributed by atoms with Gasteiger partial charge in [-0.15, -0.1) is 5.10 Å². The lowest BCUT2D eigenvalue weighted by Gasteiger charge is -2.17. The van der Waals surface area contributed by atoms with Crippen molar-refractivity contribution in [2.24, 2.45) is 0 Å². The lowest BCUT2D eigenvalue weighted by molar-refractivity contribution is -0.137. The fourth-order valence-electron chi connectivity index (χ4n) is 3.15. The van der Waals surface area contributed by atoms with Crippen LogP contribution < -0.4 is 4.74 Å². The van der Waals surface area contributed by atoms with E-state index in [1.807, 2.05) is 0 Å². The molecule has 0 amide bonds. The molecule has 0 N–H and O–H groups in total. The Morgan fingerprint density at radius 1 is 1.03 bits per heavy atom. The summed E-state index contributed by atoms with van der Waals surface area (Å²) >= 11 is 12.0. The van der Waals surface area contributed by atoms with Crippen molar-refractivity contribution in [3.8, 4) is 11.4 Å². The third-order valence-corrected chi connectivity index (χ3v) is 5.50. The molecule has 7 nitrogen and oxygen atoms in total. The number of alkyl halides is 3. The lowest BCUT2D eigenvalue weighted by Crippen LogP contribution is -2.14. The lowest BCUT2D eigenvalue weighted by atomic mass is 10.1. The molecule has 2 aromatic heterocycles. The van der Waals surface area contributed by atoms with Gasteiger partial charge < -0.3 is 4.74 Å². The van der Waals surface area contributed by atoms with Gasteiger partial charge in [-0.1, -0.05) is 29.3 Å². The van der Waals surface area contributed by atoms with E-state index < -0.39 is 17.8 Å². The normalized spacial score (nSPS) is 12.7. The predicted octanol–water partition coefficient (Wildman–Crippen LogP) is 5.68. The Labute approximate surface area is 196 Å². The molecule has 0 spiro atoms. The maximum absolute atomic E-state index is 13.4. The molecule has 0 fully saturated rings. The molecule has 33 heavy (non-hydrogen) atoms. The fourth-order valence-corrected chi connectivity index (χ4v) is 3.44. The molecule has 0 bridgehead atoms. The highest BCUT2D eigenvalue weighted by molar-refractivity contribution is 6.42. The van der Waals surface area contributed by atoms with Crippen LogP contribution in [-0.2, 0) is 12.7 Å². The van der Waals surface area contributed by atoms with Gasteiger partial charge in [0, 0.05) is 6.07 Å². The summed E-state index contributed by atoms with van der Waals surface area (Å²) in [5, 5.41) is 13.2. The Morgan fingerprint density at radius 2 is 1.76 bits per heavy atom. The summed E-state index contributed by atoms with van der Waals surface area (Å²) in [6, 6.07) is 8.22. The van der Waals surface area contributed by atoms with Gasteiger partial charge in [-0.3, -0.25) is 0 Å². The minimum absolute atomic E-state index is 0.129. The van der Waals surface area contributed by atoms with E-state index in [-0.39, 0.29) is 12.2 Å². The summed E-state index contributed by atoms with van der Waals surface area (Å²) < 4.78 is 47.4. The monoisotopic (exact) mass is 496 g/mol. The second kappa shape index (κ2) is 9.03. The van der Waals surface area contributed by atoms with E-state index in [0.717, 1.165) is 12.1 Å². The first-order chi connectivity index (χ1) is 15.6. The number of hydrogen-bond acceptors (Lipinski definition) is 5. The molecule has 2 aromatic carbocycles. The number of nitrogens with zero attached hydrogens (tertiary/aromatic N) is 6. The van der Waals surface area contributed by atoms with Gasteiger partial charge in [0.1, 0.15) is 12.3 Å². The molecule has 4 rings (SSSR count). The van der Waals surface area contributed by atoms with Crippen LogP contribution in [0.5, 0.6) is 5.75 Å². The van der Waals surface area contributed by atoms with E-state index in [1.165, 1.54) is 27.9 Å². The van der Waals surface area contributed by atoms with Crippen LogP contribution in [0.15, 0.2) is 48.8 Å². The summed E-state index contributed by atoms with van der Waals surface area (Å²) in [4.78, 5) is 5.88. The fraction of sp³-hybridized carbons (Fsp3) is 0.238. The Balaban J connectivity index is 1.77. The molecule has 1 atom stereocenters. The van der Waals surface area contributed by atoms with Crippen molar-refractivity contribution in [2.75, 3.05) is 0 Å². The van der Waals surface area contributed by atoms with Crippen LogP contribution in [0, 0.1) is 6.92 Å². The van der Waals surface area contributed by atoms with Gasteiger partial charge in [0.15, 0.2) is 17.8 Å². The standard InChI is InChI=1S/C21H17Cl2F3N6O/c1-12-3-4-14(21(24,25)26)9-18(12)32-20(29-19(30-32)11-31-27-7-8-28-31)13(2)33-15-5-6-16(22)17(23)10-15/h3-10,13H,11H2,1-2H3. The number of aryl methyl sites for hydroxylation is 1. The zero-order valence-corrected chi connectivity index (χ0v) is 18.9. The van der Waals surface area contributed by atoms with E-state index in [9.17, 15) is 13.2 Å². The Bertz CT molecular complexity index is 1270. The summed E-state index contributed by atoms with van der Waals surface area (Å²) in [5.74, 6) is 1.02. The van der Waals surface area contributed by atoms with Crippen molar-refractivity contribution >= 4 is 23.2 Å². The maximum Gasteiger partial charge on any atom is 0.416 e. The molecule has 0 aliphatic rings. The van der Waals surface area contributed by atoms with Gasteiger partial charge in [0.2, 0.25) is 0 Å². The second-order valence-corrected chi connectivity index (χ2v) is 8.01. The van der Waals surface area contributed by atoms with E-state index in [4.69, 9.17) is 27.9 Å². The van der Waals surface area contributed by atoms with Crippen LogP contribution in [0.3, 0.4) is 0 Å². The van der Waals surface area contributed by atoms with Crippen molar-refractivity contribution in [3.63, 3.8) is 0 Å². The molecule has 1 unspecified atom stereocenters. The van der Waals surface area contributed by atoms with Gasteiger partial charge >= 0.3 is 6.18 Å². The number of ether oxygens (including phenoxy) is 1. The average Bonchev–Trinajstić information content (AvgIpc) is 3.40. The smallest absolute Gasteiger partial charge is 0.416 e. The topological polar surface area (TPSA) is 70.7 Å². The molecular formula is C21H17Cl2F3N6O. The first kappa shape index (κ1) is 23.1. The van der Waals surface area contributed by atoms with Crippen molar-refractivity contribution in [1.82, 2.24) is 29.8 Å². The Hall–Kier alpha value is -3.11. The molecule has 0 saturated heterocycles. The van der Waals surface area contributed by atoms with Crippen molar-refractivity contribution in [1.29, 1.82) is 0 Å². The first-order valence-corrected chi connectivity index (χ1v) is 10.5.